The van der Waals surface area contributed by atoms with Crippen LogP contribution in [-0.4, -0.2) is 16.2 Å². The molecule has 67 heavy (non-hydrogen) atoms. The third-order valence-electron chi connectivity index (χ3n) is 15.5. The lowest BCUT2D eigenvalue weighted by molar-refractivity contribution is 0.376. The Bertz CT molecular complexity index is 3560. The molecular weight excluding hydrogens is 817 g/mol. The highest BCUT2D eigenvalue weighted by atomic mass is 16.5. The van der Waals surface area contributed by atoms with Crippen LogP contribution in [0.2, 0.25) is 0 Å². The fourth-order valence-electron chi connectivity index (χ4n) is 12.8. The lowest BCUT2D eigenvalue weighted by Gasteiger charge is -2.59. The van der Waals surface area contributed by atoms with Crippen LogP contribution in [0.1, 0.15) is 88.6 Å². The SMILES string of the molecule is CC(C)(C)c1ccnc(-n2c3ccccc3c3ccc(Oc4cccc(N5CN(C67c8ccccc8C(c8ccccc86)C6c8ccccc8C7c7ccccc76)c6ccccc65)c4)cc32)c1. The quantitative estimate of drug-likeness (QED) is 0.173. The first-order valence-electron chi connectivity index (χ1n) is 23.7. The molecule has 17 rings (SSSR count). The number of nitrogens with zero attached hydrogens (tertiary/aromatic N) is 4. The van der Waals surface area contributed by atoms with Gasteiger partial charge >= 0.3 is 0 Å². The summed E-state index contributed by atoms with van der Waals surface area (Å²) in [6, 6.07) is 74.5. The molecule has 7 aliphatic rings. The predicted molar refractivity (Wildman–Crippen MR) is 272 cm³/mol. The van der Waals surface area contributed by atoms with E-state index in [9.17, 15) is 0 Å². The van der Waals surface area contributed by atoms with Gasteiger partial charge in [0.25, 0.3) is 0 Å². The third-order valence-corrected chi connectivity index (χ3v) is 15.5. The van der Waals surface area contributed by atoms with Crippen molar-refractivity contribution in [2.24, 2.45) is 0 Å². The van der Waals surface area contributed by atoms with E-state index in [1.54, 1.807) is 0 Å². The van der Waals surface area contributed by atoms with Gasteiger partial charge in [-0.15, -0.1) is 0 Å². The zero-order valence-electron chi connectivity index (χ0n) is 37.8. The van der Waals surface area contributed by atoms with Crippen LogP contribution in [0.4, 0.5) is 17.1 Å². The Morgan fingerprint density at radius 2 is 1.09 bits per heavy atom. The van der Waals surface area contributed by atoms with Gasteiger partial charge in [-0.1, -0.05) is 154 Å². The summed E-state index contributed by atoms with van der Waals surface area (Å²) in [6.45, 7) is 7.39. The molecule has 4 bridgehead atoms. The molecule has 6 aliphatic carbocycles. The maximum Gasteiger partial charge on any atom is 0.137 e. The fraction of sp³-hybridized carbons (Fsp3) is 0.145. The first-order chi connectivity index (χ1) is 32.9. The molecule has 1 aliphatic heterocycles. The average Bonchev–Trinajstić information content (AvgIpc) is 3.91. The van der Waals surface area contributed by atoms with Gasteiger partial charge in [-0.25, -0.2) is 4.98 Å². The summed E-state index contributed by atoms with van der Waals surface area (Å²) < 4.78 is 9.18. The van der Waals surface area contributed by atoms with Gasteiger partial charge in [0, 0.05) is 52.5 Å². The molecule has 0 atom stereocenters. The maximum atomic E-state index is 6.90. The lowest BCUT2D eigenvalue weighted by Crippen LogP contribution is -2.57. The third kappa shape index (κ3) is 5.34. The van der Waals surface area contributed by atoms with E-state index < -0.39 is 5.54 Å². The second-order valence-electron chi connectivity index (χ2n) is 19.9. The number of aromatic nitrogens is 2. The number of benzene rings is 8. The summed E-state index contributed by atoms with van der Waals surface area (Å²) in [5, 5.41) is 2.35. The van der Waals surface area contributed by atoms with Crippen molar-refractivity contribution < 1.29 is 4.74 Å². The van der Waals surface area contributed by atoms with Gasteiger partial charge in [-0.2, -0.15) is 0 Å². The van der Waals surface area contributed by atoms with E-state index >= 15 is 0 Å². The number of rotatable bonds is 5. The lowest BCUT2D eigenvalue weighted by atomic mass is 9.49. The first kappa shape index (κ1) is 38.4. The molecule has 0 saturated carbocycles. The zero-order chi connectivity index (χ0) is 44.6. The van der Waals surface area contributed by atoms with Crippen molar-refractivity contribution >= 4 is 38.9 Å². The van der Waals surface area contributed by atoms with E-state index in [2.05, 4.69) is 235 Å². The standard InChI is InChI=1S/C62H48N4O/c1-61(2,3)39-33-34-63-57(35-39)66-53-28-13-10-19-43(53)44-32-31-42(37-56(44)66)67-41-18-16-17-40(36-41)64-38-65(55-30-15-14-29-54(55)64)62-51-26-11-8-24-49(51)59(50-25-9-12-27-52(50)62)58-45-20-4-6-22-47(45)60(62)48-23-7-5-21-46(48)58/h4-37,58-60H,38H2,1-3H3. The fourth-order valence-corrected chi connectivity index (χ4v) is 12.8. The van der Waals surface area contributed by atoms with Crippen molar-refractivity contribution in [2.45, 2.75) is 49.5 Å². The molecule has 0 radical (unpaired) electrons. The van der Waals surface area contributed by atoms with Crippen molar-refractivity contribution in [3.05, 3.63) is 256 Å². The summed E-state index contributed by atoms with van der Waals surface area (Å²) in [4.78, 5) is 10.2. The highest BCUT2D eigenvalue weighted by Gasteiger charge is 2.61. The van der Waals surface area contributed by atoms with Crippen LogP contribution in [0.5, 0.6) is 11.5 Å². The van der Waals surface area contributed by atoms with Crippen LogP contribution in [0, 0.1) is 0 Å². The number of hydrogen-bond acceptors (Lipinski definition) is 4. The highest BCUT2D eigenvalue weighted by Crippen LogP contribution is 2.68. The van der Waals surface area contributed by atoms with Gasteiger partial charge in [-0.3, -0.25) is 4.57 Å². The normalized spacial score (nSPS) is 19.7. The second kappa shape index (κ2) is 14.1. The van der Waals surface area contributed by atoms with Gasteiger partial charge < -0.3 is 14.5 Å². The number of hydrogen-bond donors (Lipinski definition) is 0. The number of fused-ring (bicyclic) bond motifs is 4. The summed E-state index contributed by atoms with van der Waals surface area (Å²) in [5.74, 6) is 2.88. The Balaban J connectivity index is 0.910. The molecule has 0 N–H and O–H groups in total. The molecule has 5 heteroatoms. The Hall–Kier alpha value is -7.89. The Kier molecular flexibility index (Phi) is 8.05. The van der Waals surface area contributed by atoms with E-state index in [0.717, 1.165) is 39.4 Å². The van der Waals surface area contributed by atoms with Gasteiger partial charge in [0.15, 0.2) is 0 Å². The van der Waals surface area contributed by atoms with E-state index in [1.807, 2.05) is 6.20 Å². The zero-order valence-corrected chi connectivity index (χ0v) is 37.8. The van der Waals surface area contributed by atoms with Crippen LogP contribution in [0.3, 0.4) is 0 Å². The molecular formula is C62H48N4O. The number of pyridine rings is 1. The Labute approximate surface area is 391 Å². The number of ether oxygens (including phenoxy) is 1. The molecule has 0 saturated heterocycles. The predicted octanol–water partition coefficient (Wildman–Crippen LogP) is 14.9. The summed E-state index contributed by atoms with van der Waals surface area (Å²) >= 11 is 0. The highest BCUT2D eigenvalue weighted by molar-refractivity contribution is 6.09. The largest absolute Gasteiger partial charge is 0.457 e. The number of anilines is 3. The van der Waals surface area contributed by atoms with E-state index in [0.29, 0.717) is 6.67 Å². The molecule has 3 heterocycles. The molecule has 0 fully saturated rings. The molecule has 2 aromatic heterocycles. The molecule has 322 valence electrons. The minimum absolute atomic E-state index is 0.0117. The van der Waals surface area contributed by atoms with Gasteiger partial charge in [0.05, 0.1) is 29.1 Å². The van der Waals surface area contributed by atoms with Gasteiger partial charge in [-0.05, 0) is 110 Å². The summed E-state index contributed by atoms with van der Waals surface area (Å²) in [6.07, 6.45) is 1.93. The maximum absolute atomic E-state index is 6.90. The minimum atomic E-state index is -0.574. The topological polar surface area (TPSA) is 33.5 Å². The number of para-hydroxylation sites is 3. The minimum Gasteiger partial charge on any atom is -0.457 e. The van der Waals surface area contributed by atoms with Crippen molar-refractivity contribution in [1.82, 2.24) is 9.55 Å². The molecule has 0 unspecified atom stereocenters. The van der Waals surface area contributed by atoms with Gasteiger partial charge in [0.1, 0.15) is 22.9 Å². The van der Waals surface area contributed by atoms with E-state index in [-0.39, 0.29) is 23.2 Å². The van der Waals surface area contributed by atoms with Crippen LogP contribution >= 0.6 is 0 Å². The second-order valence-corrected chi connectivity index (χ2v) is 19.9. The van der Waals surface area contributed by atoms with Crippen LogP contribution in [-0.2, 0) is 11.0 Å². The van der Waals surface area contributed by atoms with Crippen LogP contribution in [0.25, 0.3) is 27.6 Å². The first-order valence-corrected chi connectivity index (χ1v) is 23.7. The van der Waals surface area contributed by atoms with Crippen molar-refractivity contribution in [3.8, 4) is 17.3 Å². The summed E-state index contributed by atoms with van der Waals surface area (Å²) in [7, 11) is 0. The molecule has 0 amide bonds. The van der Waals surface area contributed by atoms with Crippen LogP contribution < -0.4 is 14.5 Å². The monoisotopic (exact) mass is 864 g/mol. The van der Waals surface area contributed by atoms with Crippen molar-refractivity contribution in [2.75, 3.05) is 16.5 Å². The van der Waals surface area contributed by atoms with Crippen molar-refractivity contribution in [3.63, 3.8) is 0 Å². The van der Waals surface area contributed by atoms with Crippen LogP contribution in [0.15, 0.2) is 206 Å². The molecule has 10 aromatic rings. The van der Waals surface area contributed by atoms with Gasteiger partial charge in [0.2, 0.25) is 0 Å². The molecule has 0 spiro atoms. The van der Waals surface area contributed by atoms with E-state index in [4.69, 9.17) is 9.72 Å². The summed E-state index contributed by atoms with van der Waals surface area (Å²) in [5.41, 5.74) is 17.7. The Morgan fingerprint density at radius 1 is 0.507 bits per heavy atom. The Morgan fingerprint density at radius 3 is 1.81 bits per heavy atom. The molecule has 8 aromatic carbocycles. The smallest absolute Gasteiger partial charge is 0.137 e. The van der Waals surface area contributed by atoms with Crippen molar-refractivity contribution in [1.29, 1.82) is 0 Å². The van der Waals surface area contributed by atoms with E-state index in [1.165, 1.54) is 66.8 Å². The molecule has 5 nitrogen and oxygen atoms in total. The average molecular weight is 865 g/mol.